The van der Waals surface area contributed by atoms with Crippen molar-refractivity contribution in [3.8, 4) is 0 Å². The lowest BCUT2D eigenvalue weighted by Gasteiger charge is -2.47. The van der Waals surface area contributed by atoms with Crippen molar-refractivity contribution >= 4 is 20.8 Å². The first-order chi connectivity index (χ1) is 23.9. The van der Waals surface area contributed by atoms with Gasteiger partial charge in [-0.2, -0.15) is 16.8 Å². The van der Waals surface area contributed by atoms with E-state index in [1.165, 1.54) is 0 Å². The molecule has 0 aromatic rings. The number of aliphatic hydroxyl groups is 8. The second-order valence-corrected chi connectivity index (χ2v) is 14.5. The minimum absolute atomic E-state index is 0.139. The summed E-state index contributed by atoms with van der Waals surface area (Å²) < 4.78 is 124. The third-order valence-corrected chi connectivity index (χ3v) is 10.0. The number of aliphatic hydroxyl groups excluding tert-OH is 8. The Hall–Kier alpha value is -0.940. The molecule has 0 radical (unpaired) electrons. The Bertz CT molecular complexity index is 1420. The standard InChI is InChI=1S/C24H38O25S2/c25-1-5-14(48-50(33,34)35)9(27)10(28)22(42-5)45-16-8-4-40-19(16)12(30)23(44-8)47-20-13(31)24(43-6(2-26)17(20)49-51(36,37)38)46-15-7-3-39-18(15)11(29)21(32)41-7/h5-32H,1-4H2,(H,33,34,35)(H,36,37,38)/t5-,6-,7-,8-,9-,10-,11-,12-,13-,14+,15+,16+,17+,18-,19-,20-,21+,22+,23-,24+/m1/s1. The van der Waals surface area contributed by atoms with Gasteiger partial charge in [0.15, 0.2) is 25.2 Å². The van der Waals surface area contributed by atoms with Crippen molar-refractivity contribution in [1.82, 2.24) is 0 Å². The summed E-state index contributed by atoms with van der Waals surface area (Å²) in [5.41, 5.74) is 0. The van der Waals surface area contributed by atoms with Crippen LogP contribution < -0.4 is 0 Å². The molecule has 0 amide bonds. The summed E-state index contributed by atoms with van der Waals surface area (Å²) in [6.07, 6.45) is -33.1. The van der Waals surface area contributed by atoms with Gasteiger partial charge in [0.05, 0.1) is 26.4 Å². The Morgan fingerprint density at radius 2 is 0.961 bits per heavy atom. The van der Waals surface area contributed by atoms with Crippen LogP contribution in [0.1, 0.15) is 0 Å². The van der Waals surface area contributed by atoms with Crippen molar-refractivity contribution < 1.29 is 118 Å². The molecule has 6 fully saturated rings. The van der Waals surface area contributed by atoms with Gasteiger partial charge in [-0.25, -0.2) is 8.37 Å². The summed E-state index contributed by atoms with van der Waals surface area (Å²) >= 11 is 0. The number of rotatable bonds is 12. The fraction of sp³-hybridized carbons (Fsp3) is 1.00. The SMILES string of the molecule is O=S(=O)(O)O[C@@H]1[C@H](O)[C@@H](O)[C@H](O[C@@H]2[C@@H]3OC[C@H]2O[C@H](O[C@@H]2[C@@H](O)[C@H](O[C@@H]4[C@@H]5OC[C@H]4O[C@H](O)[C@@H]5O)O[C@H](CO)[C@@H]2OS(=O)(=O)O)[C@@H]3O)O[C@@H]1CO. The highest BCUT2D eigenvalue weighted by atomic mass is 32.3. The molecule has 6 aliphatic heterocycles. The Labute approximate surface area is 287 Å². The molecular formula is C24H38O25S2. The number of fused-ring (bicyclic) bond motifs is 4. The van der Waals surface area contributed by atoms with Gasteiger partial charge in [-0.1, -0.05) is 0 Å². The lowest BCUT2D eigenvalue weighted by Crippen LogP contribution is -2.66. The molecular weight excluding hydrogens is 752 g/mol. The van der Waals surface area contributed by atoms with Gasteiger partial charge in [-0.3, -0.25) is 9.11 Å². The summed E-state index contributed by atoms with van der Waals surface area (Å²) in [6, 6.07) is 0. The number of hydrogen-bond acceptors (Lipinski definition) is 23. The summed E-state index contributed by atoms with van der Waals surface area (Å²) in [4.78, 5) is 0. The molecule has 6 saturated heterocycles. The third-order valence-electron chi connectivity index (χ3n) is 9.11. The van der Waals surface area contributed by atoms with E-state index in [2.05, 4.69) is 8.37 Å². The molecule has 296 valence electrons. The fourth-order valence-electron chi connectivity index (χ4n) is 6.76. The first kappa shape index (κ1) is 39.7. The highest BCUT2D eigenvalue weighted by molar-refractivity contribution is 7.81. The van der Waals surface area contributed by atoms with E-state index in [1.54, 1.807) is 0 Å². The van der Waals surface area contributed by atoms with E-state index in [4.69, 9.17) is 47.2 Å². The smallest absolute Gasteiger partial charge is 0.394 e. The van der Waals surface area contributed by atoms with Crippen LogP contribution in [0.3, 0.4) is 0 Å². The molecule has 0 unspecified atom stereocenters. The highest BCUT2D eigenvalue weighted by Crippen LogP contribution is 2.39. The summed E-state index contributed by atoms with van der Waals surface area (Å²) in [6.45, 7) is -2.42. The maximum atomic E-state index is 11.8. The van der Waals surface area contributed by atoms with Crippen LogP contribution in [0.2, 0.25) is 0 Å². The van der Waals surface area contributed by atoms with Crippen LogP contribution in [-0.4, -0.2) is 216 Å². The molecule has 6 heterocycles. The normalized spacial score (nSPS) is 50.4. The van der Waals surface area contributed by atoms with Gasteiger partial charge >= 0.3 is 20.8 Å². The van der Waals surface area contributed by atoms with Crippen molar-refractivity contribution in [2.75, 3.05) is 26.4 Å². The van der Waals surface area contributed by atoms with Gasteiger partial charge in [0, 0.05) is 0 Å². The van der Waals surface area contributed by atoms with Crippen LogP contribution in [0.5, 0.6) is 0 Å². The molecule has 6 rings (SSSR count). The predicted molar refractivity (Wildman–Crippen MR) is 148 cm³/mol. The van der Waals surface area contributed by atoms with Gasteiger partial charge in [0.2, 0.25) is 0 Å². The van der Waals surface area contributed by atoms with E-state index in [-0.39, 0.29) is 13.2 Å². The topological polar surface area (TPSA) is 372 Å². The van der Waals surface area contributed by atoms with Crippen molar-refractivity contribution in [3.63, 3.8) is 0 Å². The van der Waals surface area contributed by atoms with Crippen LogP contribution in [0.15, 0.2) is 0 Å². The Morgan fingerprint density at radius 1 is 0.510 bits per heavy atom. The van der Waals surface area contributed by atoms with Crippen LogP contribution >= 0.6 is 0 Å². The molecule has 0 aromatic heterocycles. The van der Waals surface area contributed by atoms with Crippen LogP contribution in [-0.2, 0) is 71.8 Å². The minimum atomic E-state index is -5.31. The maximum Gasteiger partial charge on any atom is 0.397 e. The van der Waals surface area contributed by atoms with Gasteiger partial charge < -0.3 is 83.5 Å². The van der Waals surface area contributed by atoms with Crippen LogP contribution in [0.25, 0.3) is 0 Å². The zero-order chi connectivity index (χ0) is 37.2. The van der Waals surface area contributed by atoms with Gasteiger partial charge in [0.25, 0.3) is 0 Å². The molecule has 51 heavy (non-hydrogen) atoms. The minimum Gasteiger partial charge on any atom is -0.394 e. The van der Waals surface area contributed by atoms with E-state index in [9.17, 15) is 62.2 Å². The Morgan fingerprint density at radius 3 is 1.51 bits per heavy atom. The second-order valence-electron chi connectivity index (χ2n) is 12.4. The lowest BCUT2D eigenvalue weighted by molar-refractivity contribution is -0.369. The average Bonchev–Trinajstić information content (AvgIpc) is 3.54. The molecule has 27 heteroatoms. The van der Waals surface area contributed by atoms with Gasteiger partial charge in [-0.05, 0) is 0 Å². The zero-order valence-corrected chi connectivity index (χ0v) is 27.4. The summed E-state index contributed by atoms with van der Waals surface area (Å²) in [7, 11) is -10.5. The van der Waals surface area contributed by atoms with E-state index >= 15 is 0 Å². The van der Waals surface area contributed by atoms with Crippen molar-refractivity contribution in [2.45, 2.75) is 123 Å². The molecule has 0 aliphatic carbocycles. The van der Waals surface area contributed by atoms with E-state index in [0.717, 1.165) is 0 Å². The quantitative estimate of drug-likeness (QED) is 0.0821. The van der Waals surface area contributed by atoms with E-state index < -0.39 is 157 Å². The Balaban J connectivity index is 1.17. The molecule has 0 spiro atoms. The molecule has 20 atom stereocenters. The van der Waals surface area contributed by atoms with Crippen LogP contribution in [0, 0.1) is 0 Å². The van der Waals surface area contributed by atoms with Crippen molar-refractivity contribution in [3.05, 3.63) is 0 Å². The van der Waals surface area contributed by atoms with E-state index in [1.807, 2.05) is 0 Å². The van der Waals surface area contributed by atoms with Gasteiger partial charge in [-0.15, -0.1) is 0 Å². The fourth-order valence-corrected chi connectivity index (χ4v) is 7.79. The molecule has 10 N–H and O–H groups in total. The largest absolute Gasteiger partial charge is 0.397 e. The summed E-state index contributed by atoms with van der Waals surface area (Å²) in [5.74, 6) is 0. The predicted octanol–water partition coefficient (Wildman–Crippen LogP) is -8.00. The lowest BCUT2D eigenvalue weighted by atomic mass is 9.96. The molecule has 6 aliphatic rings. The molecule has 25 nitrogen and oxygen atoms in total. The molecule has 4 bridgehead atoms. The first-order valence-electron chi connectivity index (χ1n) is 15.3. The number of ether oxygens (including phenoxy) is 9. The first-order valence-corrected chi connectivity index (χ1v) is 18.1. The Kier molecular flexibility index (Phi) is 11.9. The second kappa shape index (κ2) is 15.3. The molecule has 0 saturated carbocycles. The van der Waals surface area contributed by atoms with Gasteiger partial charge in [0.1, 0.15) is 97.7 Å². The average molecular weight is 791 g/mol. The molecule has 0 aromatic carbocycles. The zero-order valence-electron chi connectivity index (χ0n) is 25.8. The third kappa shape index (κ3) is 8.21. The maximum absolute atomic E-state index is 11.8. The monoisotopic (exact) mass is 790 g/mol. The summed E-state index contributed by atoms with van der Waals surface area (Å²) in [5, 5.41) is 83.4. The highest BCUT2D eigenvalue weighted by Gasteiger charge is 2.59. The van der Waals surface area contributed by atoms with E-state index in [0.29, 0.717) is 0 Å². The van der Waals surface area contributed by atoms with Crippen molar-refractivity contribution in [2.24, 2.45) is 0 Å². The number of hydrogen-bond donors (Lipinski definition) is 10. The van der Waals surface area contributed by atoms with Crippen LogP contribution in [0.4, 0.5) is 0 Å². The van der Waals surface area contributed by atoms with Crippen molar-refractivity contribution in [1.29, 1.82) is 0 Å².